The largest absolute Gasteiger partial charge is 0.481 e. The van der Waals surface area contributed by atoms with Crippen LogP contribution in [0.15, 0.2) is 48.0 Å². The van der Waals surface area contributed by atoms with Gasteiger partial charge in [-0.2, -0.15) is 26.3 Å². The van der Waals surface area contributed by atoms with E-state index in [9.17, 15) is 45.8 Å². The highest BCUT2D eigenvalue weighted by Gasteiger charge is 2.57. The second-order valence-corrected chi connectivity index (χ2v) is 15.9. The molecule has 5 heterocycles. The average Bonchev–Trinajstić information content (AvgIpc) is 3.66. The summed E-state index contributed by atoms with van der Waals surface area (Å²) in [6.07, 6.45) is -7.32. The third-order valence-corrected chi connectivity index (χ3v) is 12.3. The number of nitrogens with zero attached hydrogens (tertiary/aromatic N) is 4. The monoisotopic (exact) mass is 842 g/mol. The van der Waals surface area contributed by atoms with E-state index >= 15 is 4.79 Å². The fourth-order valence-corrected chi connectivity index (χ4v) is 9.22. The number of fused-ring (bicyclic) bond motifs is 1. The van der Waals surface area contributed by atoms with E-state index in [4.69, 9.17) is 16.3 Å². The zero-order valence-corrected chi connectivity index (χ0v) is 32.4. The van der Waals surface area contributed by atoms with E-state index in [1.807, 2.05) is 0 Å². The quantitative estimate of drug-likeness (QED) is 0.204. The van der Waals surface area contributed by atoms with E-state index in [2.05, 4.69) is 4.98 Å². The molecule has 2 aromatic heterocycles. The number of halogens is 7. The highest BCUT2D eigenvalue weighted by Crippen LogP contribution is 2.45. The molecule has 3 aliphatic rings. The zero-order chi connectivity index (χ0) is 41.3. The molecule has 0 bridgehead atoms. The number of alkyl halides is 6. The third-order valence-electron chi connectivity index (χ3n) is 11.1. The van der Waals surface area contributed by atoms with Gasteiger partial charge in [0.1, 0.15) is 16.3 Å². The van der Waals surface area contributed by atoms with Crippen molar-refractivity contribution < 1.29 is 55.4 Å². The number of amides is 3. The van der Waals surface area contributed by atoms with Gasteiger partial charge >= 0.3 is 18.3 Å². The molecule has 3 aliphatic heterocycles. The summed E-state index contributed by atoms with van der Waals surface area (Å²) in [6, 6.07) is 5.68. The molecule has 57 heavy (non-hydrogen) atoms. The van der Waals surface area contributed by atoms with Gasteiger partial charge in [0.2, 0.25) is 11.5 Å². The van der Waals surface area contributed by atoms with Gasteiger partial charge in [-0.15, -0.1) is 11.3 Å². The second-order valence-electron chi connectivity index (χ2n) is 14.6. The van der Waals surface area contributed by atoms with Gasteiger partial charge < -0.3 is 24.5 Å². The number of likely N-dealkylation sites (tertiary alicyclic amines) is 2. The van der Waals surface area contributed by atoms with Gasteiger partial charge in [0.05, 0.1) is 23.6 Å². The molecule has 0 aliphatic carbocycles. The van der Waals surface area contributed by atoms with Gasteiger partial charge in [0.25, 0.3) is 11.8 Å². The minimum absolute atomic E-state index is 0.0372. The first-order chi connectivity index (χ1) is 26.9. The molecule has 6 rings (SSSR count). The molecule has 10 nitrogen and oxygen atoms in total. The number of pyridine rings is 1. The first-order valence-electron chi connectivity index (χ1n) is 18.7. The van der Waals surface area contributed by atoms with Crippen LogP contribution in [0.5, 0.6) is 5.75 Å². The summed E-state index contributed by atoms with van der Waals surface area (Å²) in [5, 5.41) is 11.0. The molecule has 0 spiro atoms. The van der Waals surface area contributed by atoms with Crippen LogP contribution in [0.4, 0.5) is 26.3 Å². The van der Waals surface area contributed by atoms with E-state index < -0.39 is 69.9 Å². The lowest BCUT2D eigenvalue weighted by atomic mass is 9.78. The van der Waals surface area contributed by atoms with Crippen molar-refractivity contribution in [3.63, 3.8) is 0 Å². The van der Waals surface area contributed by atoms with Gasteiger partial charge in [-0.25, -0.2) is 0 Å². The molecule has 0 saturated carbocycles. The summed E-state index contributed by atoms with van der Waals surface area (Å²) in [7, 11) is 0. The van der Waals surface area contributed by atoms with Crippen molar-refractivity contribution in [3.8, 4) is 5.75 Å². The van der Waals surface area contributed by atoms with Crippen LogP contribution in [-0.4, -0.2) is 86.3 Å². The summed E-state index contributed by atoms with van der Waals surface area (Å²) >= 11 is 6.70. The van der Waals surface area contributed by atoms with Crippen molar-refractivity contribution in [2.45, 2.75) is 94.7 Å². The Bertz CT molecular complexity index is 1990. The summed E-state index contributed by atoms with van der Waals surface area (Å²) in [6.45, 7) is 2.24. The van der Waals surface area contributed by atoms with Crippen LogP contribution in [0.25, 0.3) is 0 Å². The number of carboxylic acids is 1. The SMILES string of the molecule is CCC[C@H]1N(C(=O)c2ncccc2C(F)(F)F)CCC[C@]1(Oc1csc(C(F)(F)F)c1)C(=O)N1CCc2cc(Cl)ccc2[C@H]1CCC(=O)N1CCC(C(=O)O)CC1. The molecule has 1 aromatic carbocycles. The zero-order valence-electron chi connectivity index (χ0n) is 30.9. The van der Waals surface area contributed by atoms with Gasteiger partial charge in [0.15, 0.2) is 0 Å². The molecule has 1 N–H and O–H groups in total. The van der Waals surface area contributed by atoms with Crippen LogP contribution in [0.3, 0.4) is 0 Å². The van der Waals surface area contributed by atoms with E-state index in [0.29, 0.717) is 47.6 Å². The Morgan fingerprint density at radius 2 is 1.72 bits per heavy atom. The molecule has 2 fully saturated rings. The fraction of sp³-hybridized carbons (Fsp3) is 0.513. The topological polar surface area (TPSA) is 120 Å². The van der Waals surface area contributed by atoms with Gasteiger partial charge in [-0.05, 0) is 73.9 Å². The Balaban J connectivity index is 1.40. The van der Waals surface area contributed by atoms with Crippen molar-refractivity contribution >= 4 is 46.6 Å². The Hall–Kier alpha value is -4.38. The Labute approximate surface area is 333 Å². The van der Waals surface area contributed by atoms with E-state index in [0.717, 1.165) is 40.2 Å². The molecule has 2 saturated heterocycles. The molecule has 3 aromatic rings. The summed E-state index contributed by atoms with van der Waals surface area (Å²) in [5.74, 6) is -3.80. The molecular formula is C39H41ClF6N4O6S. The molecule has 0 radical (unpaired) electrons. The highest BCUT2D eigenvalue weighted by atomic mass is 35.5. The normalized spacial score (nSPS) is 21.9. The van der Waals surface area contributed by atoms with Crippen LogP contribution < -0.4 is 4.74 Å². The van der Waals surface area contributed by atoms with Crippen LogP contribution in [0.1, 0.15) is 96.4 Å². The number of carbonyl (C=O) groups excluding carboxylic acids is 3. The van der Waals surface area contributed by atoms with Crippen molar-refractivity contribution in [1.82, 2.24) is 19.7 Å². The van der Waals surface area contributed by atoms with Crippen molar-refractivity contribution in [2.24, 2.45) is 5.92 Å². The maximum atomic E-state index is 15.5. The maximum absolute atomic E-state index is 15.5. The highest BCUT2D eigenvalue weighted by molar-refractivity contribution is 7.10. The van der Waals surface area contributed by atoms with Gasteiger partial charge in [-0.1, -0.05) is 31.0 Å². The fourth-order valence-electron chi connectivity index (χ4n) is 8.35. The number of benzene rings is 1. The lowest BCUT2D eigenvalue weighted by molar-refractivity contribution is -0.163. The van der Waals surface area contributed by atoms with E-state index in [1.165, 1.54) is 4.90 Å². The Morgan fingerprint density at radius 3 is 2.37 bits per heavy atom. The minimum Gasteiger partial charge on any atom is -0.481 e. The predicted octanol–water partition coefficient (Wildman–Crippen LogP) is 8.29. The van der Waals surface area contributed by atoms with Gasteiger partial charge in [-0.3, -0.25) is 24.2 Å². The second kappa shape index (κ2) is 16.8. The number of carbonyl (C=O) groups is 4. The lowest BCUT2D eigenvalue weighted by Crippen LogP contribution is -2.68. The Kier molecular flexibility index (Phi) is 12.5. The molecule has 3 amide bonds. The summed E-state index contributed by atoms with van der Waals surface area (Å²) in [5.41, 5.74) is -2.72. The van der Waals surface area contributed by atoms with Crippen molar-refractivity contribution in [2.75, 3.05) is 26.2 Å². The number of aromatic nitrogens is 1. The molecule has 0 unspecified atom stereocenters. The standard InChI is InChI=1S/C39H41ClF6N4O6S/c1-2-5-30-37(56-26-21-31(57-22-26)39(44,45)46,14-4-16-50(30)34(52)33-28(38(41,42)43)6-3-15-47-33)36(55)49-19-13-24-20-25(40)7-8-27(24)29(49)9-10-32(51)48-17-11-23(12-18-48)35(53)54/h3,6-8,15,20-23,29-30H,2,4-5,9-14,16-19H2,1H3,(H,53,54)/t29-,30-,37-/m1/s1. The number of hydrogen-bond donors (Lipinski definition) is 1. The Morgan fingerprint density at radius 1 is 0.982 bits per heavy atom. The van der Waals surface area contributed by atoms with Crippen LogP contribution in [0.2, 0.25) is 5.02 Å². The first kappa shape index (κ1) is 42.2. The molecular weight excluding hydrogens is 802 g/mol. The number of hydrogen-bond acceptors (Lipinski definition) is 7. The average molecular weight is 843 g/mol. The third kappa shape index (κ3) is 8.88. The number of piperidine rings is 2. The first-order valence-corrected chi connectivity index (χ1v) is 20.0. The van der Waals surface area contributed by atoms with Crippen LogP contribution in [-0.2, 0) is 33.2 Å². The summed E-state index contributed by atoms with van der Waals surface area (Å²) < 4.78 is 90.5. The predicted molar refractivity (Wildman–Crippen MR) is 197 cm³/mol. The lowest BCUT2D eigenvalue weighted by Gasteiger charge is -2.51. The van der Waals surface area contributed by atoms with Crippen molar-refractivity contribution in [3.05, 3.63) is 80.3 Å². The molecule has 18 heteroatoms. The van der Waals surface area contributed by atoms with Crippen LogP contribution >= 0.6 is 22.9 Å². The summed E-state index contributed by atoms with van der Waals surface area (Å²) in [4.78, 5) is 61.8. The van der Waals surface area contributed by atoms with Crippen LogP contribution in [0, 0.1) is 5.92 Å². The van der Waals surface area contributed by atoms with Crippen molar-refractivity contribution in [1.29, 1.82) is 0 Å². The number of carboxylic acid groups (broad SMARTS) is 1. The molecule has 308 valence electrons. The van der Waals surface area contributed by atoms with E-state index in [-0.39, 0.29) is 69.9 Å². The number of aliphatic carboxylic acids is 1. The van der Waals surface area contributed by atoms with E-state index in [1.54, 1.807) is 30.0 Å². The van der Waals surface area contributed by atoms with Gasteiger partial charge in [0, 0.05) is 61.7 Å². The maximum Gasteiger partial charge on any atom is 0.425 e. The number of ether oxygens (including phenoxy) is 1. The number of thiophene rings is 1. The number of rotatable bonds is 10. The minimum atomic E-state index is -4.94. The smallest absolute Gasteiger partial charge is 0.425 e. The molecule has 3 atom stereocenters.